The van der Waals surface area contributed by atoms with Crippen molar-refractivity contribution in [2.24, 2.45) is 7.05 Å². The fourth-order valence-corrected chi connectivity index (χ4v) is 0.891. The van der Waals surface area contributed by atoms with Gasteiger partial charge in [0.05, 0.1) is 0 Å². The van der Waals surface area contributed by atoms with Gasteiger partial charge >= 0.3 is 65.4 Å². The molecule has 0 radical (unpaired) electrons. The van der Waals surface area contributed by atoms with Crippen LogP contribution in [0.1, 0.15) is 16.2 Å². The third-order valence-electron chi connectivity index (χ3n) is 1.21. The maximum absolute atomic E-state index is 10.3. The van der Waals surface area contributed by atoms with Crippen molar-refractivity contribution in [1.29, 1.82) is 0 Å². The van der Waals surface area contributed by atoms with E-state index in [9.17, 15) is 4.79 Å². The van der Waals surface area contributed by atoms with Crippen molar-refractivity contribution in [1.82, 2.24) is 9.55 Å². The summed E-state index contributed by atoms with van der Waals surface area (Å²) in [6.45, 7) is 0. The molecular formula is C6H6N2NiO. The van der Waals surface area contributed by atoms with E-state index in [0.29, 0.717) is 11.4 Å². The van der Waals surface area contributed by atoms with Crippen molar-refractivity contribution >= 4 is 11.3 Å². The van der Waals surface area contributed by atoms with Crippen LogP contribution in [-0.4, -0.2) is 20.8 Å². The van der Waals surface area contributed by atoms with Gasteiger partial charge in [0.15, 0.2) is 0 Å². The molecule has 1 aromatic rings. The number of hydrogen-bond donors (Lipinski definition) is 0. The molecular weight excluding hydrogens is 175 g/mol. The zero-order valence-corrected chi connectivity index (χ0v) is 6.34. The zero-order valence-electron chi connectivity index (χ0n) is 5.35. The van der Waals surface area contributed by atoms with Crippen molar-refractivity contribution in [2.75, 3.05) is 0 Å². The minimum atomic E-state index is 0.534. The monoisotopic (exact) mass is 180 g/mol. The molecule has 0 unspecified atom stereocenters. The molecule has 0 aliphatic heterocycles. The van der Waals surface area contributed by atoms with Gasteiger partial charge in [-0.3, -0.25) is 0 Å². The number of imidazole rings is 1. The summed E-state index contributed by atoms with van der Waals surface area (Å²) >= 11 is 4.35. The number of aromatic nitrogens is 2. The first kappa shape index (κ1) is 7.35. The number of carbonyl (C=O) groups excluding carboxylic acids is 1. The first-order chi connectivity index (χ1) is 4.79. The summed E-state index contributed by atoms with van der Waals surface area (Å²) in [7, 11) is 1.75. The van der Waals surface area contributed by atoms with Gasteiger partial charge < -0.3 is 0 Å². The number of carbonyl (C=O) groups is 1. The molecule has 0 fully saturated rings. The van der Waals surface area contributed by atoms with E-state index in [0.717, 1.165) is 6.29 Å². The molecule has 10 heavy (non-hydrogen) atoms. The summed E-state index contributed by atoms with van der Waals surface area (Å²) in [4.78, 5) is 15.7. The Hall–Kier alpha value is -0.756. The van der Waals surface area contributed by atoms with E-state index in [1.54, 1.807) is 17.9 Å². The van der Waals surface area contributed by atoms with E-state index in [2.05, 4.69) is 20.0 Å². The van der Waals surface area contributed by atoms with Crippen molar-refractivity contribution in [3.05, 3.63) is 17.7 Å². The van der Waals surface area contributed by atoms with Gasteiger partial charge in [-0.05, 0) is 0 Å². The first-order valence-corrected chi connectivity index (χ1v) is 3.23. The Labute approximate surface area is 66.0 Å². The van der Waals surface area contributed by atoms with Gasteiger partial charge in [-0.2, -0.15) is 0 Å². The number of nitrogens with zero attached hydrogens (tertiary/aromatic N) is 2. The summed E-state index contributed by atoms with van der Waals surface area (Å²) in [5.74, 6) is 0. The number of aryl methyl sites for hydroxylation is 1. The van der Waals surface area contributed by atoms with Gasteiger partial charge in [0.1, 0.15) is 0 Å². The molecule has 56 valence electrons. The van der Waals surface area contributed by atoms with Gasteiger partial charge in [0.25, 0.3) is 0 Å². The molecule has 3 nitrogen and oxygen atoms in total. The van der Waals surface area contributed by atoms with E-state index in [1.807, 2.05) is 0 Å². The van der Waals surface area contributed by atoms with E-state index in [-0.39, 0.29) is 0 Å². The predicted molar refractivity (Wildman–Crippen MR) is 33.8 cm³/mol. The average molecular weight is 181 g/mol. The normalized spacial score (nSPS) is 9.50. The van der Waals surface area contributed by atoms with Crippen molar-refractivity contribution < 1.29 is 19.8 Å². The number of rotatable bonds is 2. The standard InChI is InChI=1S/C6H6N2O.Ni/c1-5-6(3-9)8(2)4-7-5;/h1,3-4H,2H3;. The van der Waals surface area contributed by atoms with Crippen LogP contribution < -0.4 is 0 Å². The third kappa shape index (κ3) is 1.07. The predicted octanol–water partition coefficient (Wildman–Crippen LogP) is -0.0703. The van der Waals surface area contributed by atoms with Crippen LogP contribution in [0.2, 0.25) is 0 Å². The third-order valence-corrected chi connectivity index (χ3v) is 1.48. The maximum atomic E-state index is 10.3. The van der Waals surface area contributed by atoms with Crippen LogP contribution in [0.4, 0.5) is 0 Å². The Balaban J connectivity index is 3.25. The minimum absolute atomic E-state index is 0.534. The molecule has 1 heterocycles. The molecule has 0 spiro atoms. The Bertz CT molecular complexity index is 267. The molecule has 0 aliphatic carbocycles. The molecule has 0 aliphatic rings. The number of aldehydes is 1. The second-order valence-electron chi connectivity index (χ2n) is 1.84. The second-order valence-corrected chi connectivity index (χ2v) is 2.12. The van der Waals surface area contributed by atoms with Crippen LogP contribution in [0, 0.1) is 0 Å². The van der Waals surface area contributed by atoms with Crippen LogP contribution in [0.3, 0.4) is 0 Å². The second kappa shape index (κ2) is 2.89. The van der Waals surface area contributed by atoms with E-state index < -0.39 is 0 Å². The summed E-state index contributed by atoms with van der Waals surface area (Å²) in [6, 6.07) is 0. The van der Waals surface area contributed by atoms with Gasteiger partial charge in [-0.1, -0.05) is 0 Å². The van der Waals surface area contributed by atoms with Crippen LogP contribution in [0.15, 0.2) is 6.33 Å². The summed E-state index contributed by atoms with van der Waals surface area (Å²) < 4.78 is 1.64. The Morgan fingerprint density at radius 3 is 2.90 bits per heavy atom. The SMILES string of the molecule is Cn1cnc([CH]=[Ni])c1C=O. The molecule has 0 amide bonds. The van der Waals surface area contributed by atoms with Gasteiger partial charge in [0, 0.05) is 0 Å². The van der Waals surface area contributed by atoms with Crippen molar-refractivity contribution in [3.63, 3.8) is 0 Å². The van der Waals surface area contributed by atoms with Gasteiger partial charge in [0.2, 0.25) is 0 Å². The van der Waals surface area contributed by atoms with Crippen LogP contribution in [-0.2, 0) is 22.1 Å². The topological polar surface area (TPSA) is 34.9 Å². The van der Waals surface area contributed by atoms with Crippen molar-refractivity contribution in [2.45, 2.75) is 0 Å². The fourth-order valence-electron chi connectivity index (χ4n) is 0.672. The molecule has 4 heteroatoms. The average Bonchev–Trinajstić information content (AvgIpc) is 2.30. The van der Waals surface area contributed by atoms with Crippen LogP contribution >= 0.6 is 0 Å². The zero-order chi connectivity index (χ0) is 7.56. The Kier molecular flexibility index (Phi) is 2.12. The molecule has 0 aromatic carbocycles. The molecule has 0 saturated heterocycles. The van der Waals surface area contributed by atoms with E-state index in [4.69, 9.17) is 0 Å². The molecule has 1 aromatic heterocycles. The molecule has 0 bridgehead atoms. The summed E-state index contributed by atoms with van der Waals surface area (Å²) in [5.41, 5.74) is 1.11. The first-order valence-electron chi connectivity index (χ1n) is 2.66. The summed E-state index contributed by atoms with van der Waals surface area (Å²) in [6.07, 6.45) is 2.31. The van der Waals surface area contributed by atoms with E-state index in [1.165, 1.54) is 4.99 Å². The van der Waals surface area contributed by atoms with E-state index >= 15 is 0 Å². The van der Waals surface area contributed by atoms with Crippen LogP contribution in [0.5, 0.6) is 0 Å². The van der Waals surface area contributed by atoms with Gasteiger partial charge in [-0.25, -0.2) is 0 Å². The fraction of sp³-hybridized carbons (Fsp3) is 0.167. The van der Waals surface area contributed by atoms with Crippen LogP contribution in [0.25, 0.3) is 0 Å². The summed E-state index contributed by atoms with van der Waals surface area (Å²) in [5, 5.41) is 0. The molecule has 0 saturated carbocycles. The number of hydrogen-bond acceptors (Lipinski definition) is 2. The quantitative estimate of drug-likeness (QED) is 0.472. The Morgan fingerprint density at radius 2 is 2.50 bits per heavy atom. The Morgan fingerprint density at radius 1 is 1.80 bits per heavy atom. The van der Waals surface area contributed by atoms with Crippen molar-refractivity contribution in [3.8, 4) is 0 Å². The molecule has 0 N–H and O–H groups in total. The van der Waals surface area contributed by atoms with Gasteiger partial charge in [-0.15, -0.1) is 0 Å². The molecule has 0 atom stereocenters. The molecule has 1 rings (SSSR count).